The Hall–Kier alpha value is 0.110. The van der Waals surface area contributed by atoms with Crippen LogP contribution in [0.2, 0.25) is 0 Å². The van der Waals surface area contributed by atoms with Crippen molar-refractivity contribution < 1.29 is 0 Å². The lowest BCUT2D eigenvalue weighted by atomic mass is 9.54. The van der Waals surface area contributed by atoms with Gasteiger partial charge >= 0.3 is 0 Å². The predicted octanol–water partition coefficient (Wildman–Crippen LogP) is 2.52. The van der Waals surface area contributed by atoms with Crippen LogP contribution in [0.3, 0.4) is 0 Å². The Labute approximate surface area is 109 Å². The second-order valence-electron chi connectivity index (χ2n) is 5.70. The van der Waals surface area contributed by atoms with E-state index in [4.69, 9.17) is 10.7 Å². The average Bonchev–Trinajstić information content (AvgIpc) is 2.22. The van der Waals surface area contributed by atoms with Crippen LogP contribution in [0.4, 0.5) is 0 Å². The first-order valence-corrected chi connectivity index (χ1v) is 6.82. The Morgan fingerprint density at radius 1 is 1.06 bits per heavy atom. The number of nitrogens with zero attached hydrogens (tertiary/aromatic N) is 1. The Morgan fingerprint density at radius 2 is 1.56 bits per heavy atom. The fourth-order valence-electron chi connectivity index (χ4n) is 4.34. The van der Waals surface area contributed by atoms with Gasteiger partial charge in [-0.25, -0.2) is 0 Å². The number of amidine groups is 1. The van der Waals surface area contributed by atoms with Gasteiger partial charge in [-0.05, 0) is 55.8 Å². The van der Waals surface area contributed by atoms with E-state index in [1.54, 1.807) is 0 Å². The van der Waals surface area contributed by atoms with Crippen molar-refractivity contribution in [3.05, 3.63) is 0 Å². The molecule has 4 bridgehead atoms. The maximum Gasteiger partial charge on any atom is 0.104 e. The van der Waals surface area contributed by atoms with Gasteiger partial charge in [0, 0.05) is 5.75 Å². The van der Waals surface area contributed by atoms with Gasteiger partial charge in [-0.1, -0.05) is 0 Å². The lowest BCUT2D eigenvalue weighted by molar-refractivity contribution is 0.00123. The zero-order valence-corrected chi connectivity index (χ0v) is 11.2. The zero-order valence-electron chi connectivity index (χ0n) is 9.51. The van der Waals surface area contributed by atoms with E-state index in [0.29, 0.717) is 11.8 Å². The Balaban J connectivity index is 0.000000963. The summed E-state index contributed by atoms with van der Waals surface area (Å²) >= 11 is 4.19. The van der Waals surface area contributed by atoms with Crippen molar-refractivity contribution in [1.29, 1.82) is 0 Å². The van der Waals surface area contributed by atoms with E-state index in [2.05, 4.69) is 12.6 Å². The van der Waals surface area contributed by atoms with Gasteiger partial charge in [0.1, 0.15) is 5.84 Å². The van der Waals surface area contributed by atoms with Crippen molar-refractivity contribution in [3.8, 4) is 0 Å². The molecule has 0 spiro atoms. The molecule has 0 unspecified atom stereocenters. The highest BCUT2D eigenvalue weighted by Crippen LogP contribution is 2.54. The predicted molar refractivity (Wildman–Crippen MR) is 73.6 cm³/mol. The largest absolute Gasteiger partial charge is 0.387 e. The Morgan fingerprint density at radius 3 is 2.00 bits per heavy atom. The van der Waals surface area contributed by atoms with Crippen molar-refractivity contribution in [2.45, 2.75) is 38.1 Å². The molecule has 0 radical (unpaired) electrons. The molecule has 4 heteroatoms. The summed E-state index contributed by atoms with van der Waals surface area (Å²) in [6.07, 6.45) is 7.18. The number of halogens is 1. The van der Waals surface area contributed by atoms with E-state index in [1.165, 1.54) is 32.1 Å². The SMILES string of the molecule is Cl.NC(CS)=NC1C2CC3CC(C2)CC1C3. The molecule has 0 atom stereocenters. The van der Waals surface area contributed by atoms with Crippen LogP contribution in [-0.4, -0.2) is 17.6 Å². The van der Waals surface area contributed by atoms with Crippen LogP contribution < -0.4 is 5.73 Å². The minimum Gasteiger partial charge on any atom is -0.387 e. The first-order chi connectivity index (χ1) is 7.26. The maximum absolute atomic E-state index is 5.83. The molecular weight excluding hydrogens is 240 g/mol. The molecule has 4 rings (SSSR count). The molecule has 4 aliphatic rings. The van der Waals surface area contributed by atoms with E-state index in [1.807, 2.05) is 0 Å². The number of hydrogen-bond acceptors (Lipinski definition) is 2. The molecule has 0 aromatic heterocycles. The number of rotatable bonds is 2. The Bertz CT molecular complexity index is 265. The molecule has 0 aromatic carbocycles. The summed E-state index contributed by atoms with van der Waals surface area (Å²) in [6.45, 7) is 0. The van der Waals surface area contributed by atoms with Crippen molar-refractivity contribution in [2.24, 2.45) is 34.4 Å². The van der Waals surface area contributed by atoms with Gasteiger partial charge in [-0.2, -0.15) is 12.6 Å². The van der Waals surface area contributed by atoms with Crippen LogP contribution in [0.15, 0.2) is 4.99 Å². The monoisotopic (exact) mass is 260 g/mol. The van der Waals surface area contributed by atoms with Gasteiger partial charge in [-0.15, -0.1) is 12.4 Å². The molecule has 2 N–H and O–H groups in total. The average molecular weight is 261 g/mol. The normalized spacial score (nSPS) is 45.6. The standard InChI is InChI=1S/C12H20N2S.ClH/c13-11(6-15)14-12-9-2-7-1-8(4-9)5-10(12)3-7;/h7-10,12,15H,1-6H2,(H2,13,14);1H. The van der Waals surface area contributed by atoms with E-state index in [9.17, 15) is 0 Å². The molecule has 2 nitrogen and oxygen atoms in total. The van der Waals surface area contributed by atoms with E-state index in [-0.39, 0.29) is 12.4 Å². The van der Waals surface area contributed by atoms with Crippen LogP contribution in [0.25, 0.3) is 0 Å². The van der Waals surface area contributed by atoms with Crippen molar-refractivity contribution >= 4 is 30.9 Å². The molecule has 4 fully saturated rings. The van der Waals surface area contributed by atoms with Gasteiger partial charge in [0.2, 0.25) is 0 Å². The number of aliphatic imine (C=N–C) groups is 1. The van der Waals surface area contributed by atoms with Crippen LogP contribution in [-0.2, 0) is 0 Å². The van der Waals surface area contributed by atoms with Crippen LogP contribution in [0.1, 0.15) is 32.1 Å². The fraction of sp³-hybridized carbons (Fsp3) is 0.917. The second-order valence-corrected chi connectivity index (χ2v) is 6.02. The van der Waals surface area contributed by atoms with Crippen molar-refractivity contribution in [3.63, 3.8) is 0 Å². The van der Waals surface area contributed by atoms with Crippen LogP contribution >= 0.6 is 25.0 Å². The molecule has 4 aliphatic carbocycles. The van der Waals surface area contributed by atoms with Gasteiger partial charge in [0.25, 0.3) is 0 Å². The molecular formula is C12H21ClN2S. The number of hydrogen-bond donors (Lipinski definition) is 2. The highest BCUT2D eigenvalue weighted by Gasteiger charge is 2.48. The molecule has 16 heavy (non-hydrogen) atoms. The zero-order chi connectivity index (χ0) is 10.4. The highest BCUT2D eigenvalue weighted by molar-refractivity contribution is 7.81. The third kappa shape index (κ3) is 2.08. The summed E-state index contributed by atoms with van der Waals surface area (Å²) in [4.78, 5) is 4.71. The summed E-state index contributed by atoms with van der Waals surface area (Å²) in [5.41, 5.74) is 5.83. The lowest BCUT2D eigenvalue weighted by Crippen LogP contribution is -2.48. The molecule has 0 heterocycles. The topological polar surface area (TPSA) is 38.4 Å². The first-order valence-electron chi connectivity index (χ1n) is 6.19. The third-order valence-electron chi connectivity index (χ3n) is 4.65. The molecule has 92 valence electrons. The summed E-state index contributed by atoms with van der Waals surface area (Å²) in [5, 5.41) is 0. The quantitative estimate of drug-likeness (QED) is 0.447. The summed E-state index contributed by atoms with van der Waals surface area (Å²) in [6, 6.07) is 0.546. The molecule has 4 saturated carbocycles. The van der Waals surface area contributed by atoms with E-state index in [0.717, 1.165) is 29.5 Å². The third-order valence-corrected chi connectivity index (χ3v) is 4.98. The van der Waals surface area contributed by atoms with Gasteiger partial charge in [0.15, 0.2) is 0 Å². The summed E-state index contributed by atoms with van der Waals surface area (Å²) < 4.78 is 0. The van der Waals surface area contributed by atoms with Gasteiger partial charge in [-0.3, -0.25) is 4.99 Å². The molecule has 0 amide bonds. The first kappa shape index (κ1) is 12.6. The van der Waals surface area contributed by atoms with E-state index >= 15 is 0 Å². The molecule has 0 saturated heterocycles. The molecule has 0 aromatic rings. The molecule has 0 aliphatic heterocycles. The highest BCUT2D eigenvalue weighted by atomic mass is 35.5. The smallest absolute Gasteiger partial charge is 0.104 e. The lowest BCUT2D eigenvalue weighted by Gasteiger charge is -2.53. The van der Waals surface area contributed by atoms with Crippen molar-refractivity contribution in [1.82, 2.24) is 0 Å². The minimum atomic E-state index is 0. The fourth-order valence-corrected chi connectivity index (χ4v) is 4.42. The van der Waals surface area contributed by atoms with Gasteiger partial charge in [0.05, 0.1) is 6.04 Å². The van der Waals surface area contributed by atoms with Crippen molar-refractivity contribution in [2.75, 3.05) is 5.75 Å². The number of thiol groups is 1. The minimum absolute atomic E-state index is 0. The maximum atomic E-state index is 5.83. The Kier molecular flexibility index (Phi) is 3.75. The van der Waals surface area contributed by atoms with Crippen LogP contribution in [0.5, 0.6) is 0 Å². The second kappa shape index (κ2) is 4.77. The summed E-state index contributed by atoms with van der Waals surface area (Å²) in [5.74, 6) is 5.10. The van der Waals surface area contributed by atoms with Gasteiger partial charge < -0.3 is 5.73 Å². The number of nitrogens with two attached hydrogens (primary N) is 1. The van der Waals surface area contributed by atoms with E-state index < -0.39 is 0 Å². The van der Waals surface area contributed by atoms with Crippen LogP contribution in [0, 0.1) is 23.7 Å². The summed E-state index contributed by atoms with van der Waals surface area (Å²) in [7, 11) is 0.